The number of carbonyl (C=O) groups excluding carboxylic acids is 2. The molecule has 1 N–H and O–H groups in total. The molecule has 0 aliphatic heterocycles. The lowest BCUT2D eigenvalue weighted by Gasteiger charge is -2.35. The van der Waals surface area contributed by atoms with E-state index in [1.165, 1.54) is 6.42 Å². The highest BCUT2D eigenvalue weighted by atomic mass is 16.5. The number of rotatable bonds is 11. The van der Waals surface area contributed by atoms with Crippen molar-refractivity contribution in [2.24, 2.45) is 0 Å². The van der Waals surface area contributed by atoms with Crippen LogP contribution in [0.5, 0.6) is 11.5 Å². The fourth-order valence-corrected chi connectivity index (χ4v) is 5.94. The van der Waals surface area contributed by atoms with Crippen molar-refractivity contribution in [3.05, 3.63) is 89.7 Å². The number of imidazole rings is 1. The minimum absolute atomic E-state index is 0.0685. The minimum atomic E-state index is -0.407. The van der Waals surface area contributed by atoms with Gasteiger partial charge in [-0.1, -0.05) is 67.8 Å². The second-order valence-corrected chi connectivity index (χ2v) is 11.0. The van der Waals surface area contributed by atoms with Gasteiger partial charge in [-0.3, -0.25) is 9.59 Å². The number of nitrogens with zero attached hydrogens (tertiary/aromatic N) is 3. The molecule has 1 unspecified atom stereocenters. The zero-order valence-electron chi connectivity index (χ0n) is 24.7. The Hall–Kier alpha value is -4.33. The van der Waals surface area contributed by atoms with Crippen LogP contribution in [-0.4, -0.2) is 46.5 Å². The second-order valence-electron chi connectivity index (χ2n) is 11.0. The first-order chi connectivity index (χ1) is 20.5. The SMILES string of the molecule is COc1ccc(CC(=O)NC(C)c2nc3ccccc3n2CC(=O)N(Cc2ccccc2)C2CCCCC2)cc1OC. The molecule has 42 heavy (non-hydrogen) atoms. The number of nitrogens with one attached hydrogen (secondary N) is 1. The van der Waals surface area contributed by atoms with Crippen molar-refractivity contribution < 1.29 is 19.1 Å². The first-order valence-corrected chi connectivity index (χ1v) is 14.8. The summed E-state index contributed by atoms with van der Waals surface area (Å²) in [6.45, 7) is 2.66. The van der Waals surface area contributed by atoms with Gasteiger partial charge in [0.05, 0.1) is 37.7 Å². The highest BCUT2D eigenvalue weighted by Gasteiger charge is 2.28. The number of hydrogen-bond donors (Lipinski definition) is 1. The molecule has 1 saturated carbocycles. The predicted octanol–water partition coefficient (Wildman–Crippen LogP) is 5.83. The number of methoxy groups -OCH3 is 2. The molecule has 3 aromatic carbocycles. The number of para-hydroxylation sites is 2. The Bertz CT molecular complexity index is 1510. The van der Waals surface area contributed by atoms with Gasteiger partial charge < -0.3 is 24.3 Å². The topological polar surface area (TPSA) is 85.7 Å². The minimum Gasteiger partial charge on any atom is -0.493 e. The van der Waals surface area contributed by atoms with Crippen LogP contribution in [0.3, 0.4) is 0 Å². The summed E-state index contributed by atoms with van der Waals surface area (Å²) in [7, 11) is 3.16. The van der Waals surface area contributed by atoms with Crippen LogP contribution in [0.4, 0.5) is 0 Å². The van der Waals surface area contributed by atoms with Crippen molar-refractivity contribution >= 4 is 22.8 Å². The lowest BCUT2D eigenvalue weighted by molar-refractivity contribution is -0.135. The van der Waals surface area contributed by atoms with Crippen LogP contribution >= 0.6 is 0 Å². The summed E-state index contributed by atoms with van der Waals surface area (Å²) in [4.78, 5) is 34.1. The van der Waals surface area contributed by atoms with Gasteiger partial charge in [0, 0.05) is 12.6 Å². The lowest BCUT2D eigenvalue weighted by Crippen LogP contribution is -2.43. The van der Waals surface area contributed by atoms with Crippen molar-refractivity contribution in [2.45, 2.75) is 70.6 Å². The fraction of sp³-hybridized carbons (Fsp3) is 0.382. The molecule has 0 bridgehead atoms. The van der Waals surface area contributed by atoms with Gasteiger partial charge in [-0.25, -0.2) is 4.98 Å². The Morgan fingerprint density at radius 2 is 1.64 bits per heavy atom. The molecule has 0 saturated heterocycles. The summed E-state index contributed by atoms with van der Waals surface area (Å²) in [6, 6.07) is 23.3. The van der Waals surface area contributed by atoms with Gasteiger partial charge >= 0.3 is 0 Å². The van der Waals surface area contributed by atoms with Crippen LogP contribution in [0.1, 0.15) is 62.0 Å². The van der Waals surface area contributed by atoms with Gasteiger partial charge in [-0.15, -0.1) is 0 Å². The third-order valence-corrected chi connectivity index (χ3v) is 8.09. The van der Waals surface area contributed by atoms with Crippen molar-refractivity contribution in [3.63, 3.8) is 0 Å². The molecule has 2 amide bonds. The summed E-state index contributed by atoms with van der Waals surface area (Å²) >= 11 is 0. The highest BCUT2D eigenvalue weighted by Crippen LogP contribution is 2.29. The summed E-state index contributed by atoms with van der Waals surface area (Å²) in [5, 5.41) is 3.10. The second kappa shape index (κ2) is 13.6. The molecular formula is C34H40N4O4. The molecule has 1 aromatic heterocycles. The molecule has 1 aliphatic rings. The average Bonchev–Trinajstić information content (AvgIpc) is 3.39. The quantitative estimate of drug-likeness (QED) is 0.246. The van der Waals surface area contributed by atoms with Crippen molar-refractivity contribution in [1.82, 2.24) is 19.8 Å². The van der Waals surface area contributed by atoms with Crippen LogP contribution < -0.4 is 14.8 Å². The standard InChI is InChI=1S/C34H40N4O4/c1-24(35-32(39)21-26-18-19-30(41-2)31(20-26)42-3)34-36-28-16-10-11-17-29(28)38(34)23-33(40)37(27-14-8-5-9-15-27)22-25-12-6-4-7-13-25/h4,6-7,10-13,16-20,24,27H,5,8-9,14-15,21-23H2,1-3H3,(H,35,39). The van der Waals surface area contributed by atoms with Crippen LogP contribution in [-0.2, 0) is 29.1 Å². The zero-order chi connectivity index (χ0) is 29.5. The fourth-order valence-electron chi connectivity index (χ4n) is 5.94. The van der Waals surface area contributed by atoms with Gasteiger partial charge in [0.15, 0.2) is 11.5 Å². The van der Waals surface area contributed by atoms with Crippen LogP contribution in [0, 0.1) is 0 Å². The number of hydrogen-bond acceptors (Lipinski definition) is 5. The van der Waals surface area contributed by atoms with Crippen molar-refractivity contribution in [1.29, 1.82) is 0 Å². The Kier molecular flexibility index (Phi) is 9.41. The highest BCUT2D eigenvalue weighted by molar-refractivity contribution is 5.82. The molecule has 0 radical (unpaired) electrons. The maximum atomic E-state index is 14.1. The van der Waals surface area contributed by atoms with E-state index in [0.29, 0.717) is 23.9 Å². The van der Waals surface area contributed by atoms with E-state index in [9.17, 15) is 9.59 Å². The third-order valence-electron chi connectivity index (χ3n) is 8.09. The molecular weight excluding hydrogens is 528 g/mol. The lowest BCUT2D eigenvalue weighted by atomic mass is 9.93. The molecule has 5 rings (SSSR count). The number of benzene rings is 3. The monoisotopic (exact) mass is 568 g/mol. The summed E-state index contributed by atoms with van der Waals surface area (Å²) in [5.41, 5.74) is 3.62. The number of aromatic nitrogens is 2. The maximum Gasteiger partial charge on any atom is 0.243 e. The smallest absolute Gasteiger partial charge is 0.243 e. The first kappa shape index (κ1) is 29.2. The van der Waals surface area contributed by atoms with Gasteiger partial charge in [0.2, 0.25) is 11.8 Å². The number of carbonyl (C=O) groups is 2. The zero-order valence-corrected chi connectivity index (χ0v) is 24.7. The van der Waals surface area contributed by atoms with Gasteiger partial charge in [0.1, 0.15) is 12.4 Å². The van der Waals surface area contributed by atoms with E-state index < -0.39 is 6.04 Å². The molecule has 4 aromatic rings. The van der Waals surface area contributed by atoms with Crippen LogP contribution in [0.25, 0.3) is 11.0 Å². The molecule has 0 spiro atoms. The van der Waals surface area contributed by atoms with E-state index in [1.807, 2.05) is 66.1 Å². The van der Waals surface area contributed by atoms with E-state index in [2.05, 4.69) is 22.3 Å². The molecule has 220 valence electrons. The Morgan fingerprint density at radius 3 is 2.38 bits per heavy atom. The van der Waals surface area contributed by atoms with E-state index in [0.717, 1.165) is 47.8 Å². The van der Waals surface area contributed by atoms with Gasteiger partial charge in [-0.05, 0) is 55.2 Å². The van der Waals surface area contributed by atoms with Crippen LogP contribution in [0.2, 0.25) is 0 Å². The van der Waals surface area contributed by atoms with Crippen LogP contribution in [0.15, 0.2) is 72.8 Å². The van der Waals surface area contributed by atoms with Gasteiger partial charge in [0.25, 0.3) is 0 Å². The van der Waals surface area contributed by atoms with E-state index in [-0.39, 0.29) is 30.8 Å². The normalized spacial score (nSPS) is 14.4. The number of fused-ring (bicyclic) bond motifs is 1. The molecule has 1 aliphatic carbocycles. The Balaban J connectivity index is 1.37. The molecule has 8 heteroatoms. The Labute approximate surface area is 247 Å². The molecule has 1 fully saturated rings. The summed E-state index contributed by atoms with van der Waals surface area (Å²) in [5.74, 6) is 1.78. The van der Waals surface area contributed by atoms with E-state index in [4.69, 9.17) is 14.5 Å². The predicted molar refractivity (Wildman–Crippen MR) is 163 cm³/mol. The van der Waals surface area contributed by atoms with E-state index in [1.54, 1.807) is 20.3 Å². The molecule has 8 nitrogen and oxygen atoms in total. The first-order valence-electron chi connectivity index (χ1n) is 14.8. The largest absolute Gasteiger partial charge is 0.493 e. The summed E-state index contributed by atoms with van der Waals surface area (Å²) in [6.07, 6.45) is 5.74. The number of amides is 2. The average molecular weight is 569 g/mol. The van der Waals surface area contributed by atoms with Crippen molar-refractivity contribution in [2.75, 3.05) is 14.2 Å². The maximum absolute atomic E-state index is 14.1. The molecule has 1 heterocycles. The third kappa shape index (κ3) is 6.75. The number of ether oxygens (including phenoxy) is 2. The van der Waals surface area contributed by atoms with E-state index >= 15 is 0 Å². The summed E-state index contributed by atoms with van der Waals surface area (Å²) < 4.78 is 12.7. The Morgan fingerprint density at radius 1 is 0.929 bits per heavy atom. The van der Waals surface area contributed by atoms with Gasteiger partial charge in [-0.2, -0.15) is 0 Å². The molecule has 1 atom stereocenters. The van der Waals surface area contributed by atoms with Crippen molar-refractivity contribution in [3.8, 4) is 11.5 Å².